The maximum atomic E-state index is 12.1. The molecule has 0 fully saturated rings. The predicted octanol–water partition coefficient (Wildman–Crippen LogP) is 0.875. The van der Waals surface area contributed by atoms with Gasteiger partial charge < -0.3 is 21.3 Å². The Kier molecular flexibility index (Phi) is 4.97. The molecular formula is C13H22N4O. The van der Waals surface area contributed by atoms with E-state index >= 15 is 0 Å². The van der Waals surface area contributed by atoms with Gasteiger partial charge in [-0.05, 0) is 45.3 Å². The fourth-order valence-electron chi connectivity index (χ4n) is 1.71. The Balaban J connectivity index is 2.63. The molecule has 0 bridgehead atoms. The molecule has 0 saturated carbocycles. The Morgan fingerprint density at radius 1 is 1.17 bits per heavy atom. The molecule has 1 rings (SSSR count). The minimum absolute atomic E-state index is 0.0637. The van der Waals surface area contributed by atoms with Gasteiger partial charge in [0, 0.05) is 25.0 Å². The molecule has 5 nitrogen and oxygen atoms in total. The van der Waals surface area contributed by atoms with Crippen molar-refractivity contribution in [1.82, 2.24) is 9.80 Å². The van der Waals surface area contributed by atoms with Crippen molar-refractivity contribution in [2.45, 2.75) is 6.42 Å². The van der Waals surface area contributed by atoms with E-state index in [0.29, 0.717) is 23.5 Å². The third-order valence-electron chi connectivity index (χ3n) is 2.75. The average Bonchev–Trinajstić information content (AvgIpc) is 2.27. The Hall–Kier alpha value is -1.75. The molecule has 0 aliphatic rings. The van der Waals surface area contributed by atoms with E-state index in [1.807, 2.05) is 14.1 Å². The number of nitrogens with two attached hydrogens (primary N) is 2. The van der Waals surface area contributed by atoms with Gasteiger partial charge in [-0.2, -0.15) is 0 Å². The fourth-order valence-corrected chi connectivity index (χ4v) is 1.71. The van der Waals surface area contributed by atoms with Gasteiger partial charge in [-0.25, -0.2) is 0 Å². The smallest absolute Gasteiger partial charge is 0.255 e. The molecular weight excluding hydrogens is 228 g/mol. The first-order valence-corrected chi connectivity index (χ1v) is 5.97. The summed E-state index contributed by atoms with van der Waals surface area (Å²) in [6.45, 7) is 1.66. The van der Waals surface area contributed by atoms with Crippen molar-refractivity contribution in [3.63, 3.8) is 0 Å². The molecule has 1 aromatic rings. The zero-order chi connectivity index (χ0) is 13.7. The molecule has 4 N–H and O–H groups in total. The lowest BCUT2D eigenvalue weighted by molar-refractivity contribution is 0.0791. The summed E-state index contributed by atoms with van der Waals surface area (Å²) in [6, 6.07) is 4.98. The monoisotopic (exact) mass is 250 g/mol. The normalized spacial score (nSPS) is 10.7. The highest BCUT2D eigenvalue weighted by Gasteiger charge is 2.14. The number of rotatable bonds is 5. The number of benzene rings is 1. The minimum atomic E-state index is -0.0637. The van der Waals surface area contributed by atoms with Crippen LogP contribution in [-0.4, -0.2) is 49.9 Å². The average molecular weight is 250 g/mol. The standard InChI is InChI=1S/C13H22N4O/c1-16(2)7-4-8-17(3)13(18)11-6-5-10(14)9-12(11)15/h5-6,9H,4,7-8,14-15H2,1-3H3. The second-order valence-electron chi connectivity index (χ2n) is 4.73. The summed E-state index contributed by atoms with van der Waals surface area (Å²) < 4.78 is 0. The van der Waals surface area contributed by atoms with Crippen LogP contribution in [0.2, 0.25) is 0 Å². The molecule has 0 atom stereocenters. The Morgan fingerprint density at radius 3 is 2.39 bits per heavy atom. The van der Waals surface area contributed by atoms with E-state index in [0.717, 1.165) is 13.0 Å². The summed E-state index contributed by atoms with van der Waals surface area (Å²) in [6.07, 6.45) is 0.935. The van der Waals surface area contributed by atoms with Crippen molar-refractivity contribution in [2.24, 2.45) is 0 Å². The molecule has 0 aliphatic heterocycles. The number of hydrogen-bond donors (Lipinski definition) is 2. The van der Waals surface area contributed by atoms with E-state index < -0.39 is 0 Å². The first-order chi connectivity index (χ1) is 8.41. The number of carbonyl (C=O) groups is 1. The topological polar surface area (TPSA) is 75.6 Å². The van der Waals surface area contributed by atoms with Gasteiger partial charge in [0.05, 0.1) is 5.56 Å². The molecule has 0 heterocycles. The van der Waals surface area contributed by atoms with Crippen LogP contribution < -0.4 is 11.5 Å². The summed E-state index contributed by atoms with van der Waals surface area (Å²) in [5.41, 5.74) is 12.9. The lowest BCUT2D eigenvalue weighted by Gasteiger charge is -2.19. The molecule has 0 radical (unpaired) electrons. The van der Waals surface area contributed by atoms with E-state index in [2.05, 4.69) is 4.90 Å². The van der Waals surface area contributed by atoms with Crippen LogP contribution in [0.1, 0.15) is 16.8 Å². The lowest BCUT2D eigenvalue weighted by Crippen LogP contribution is -2.30. The molecule has 0 spiro atoms. The number of nitrogen functional groups attached to an aromatic ring is 2. The van der Waals surface area contributed by atoms with Crippen LogP contribution >= 0.6 is 0 Å². The van der Waals surface area contributed by atoms with Crippen LogP contribution in [0.5, 0.6) is 0 Å². The SMILES string of the molecule is CN(C)CCCN(C)C(=O)c1ccc(N)cc1N. The zero-order valence-electron chi connectivity index (χ0n) is 11.3. The molecule has 1 aromatic carbocycles. The van der Waals surface area contributed by atoms with Crippen LogP contribution in [-0.2, 0) is 0 Å². The van der Waals surface area contributed by atoms with Gasteiger partial charge in [-0.1, -0.05) is 0 Å². The van der Waals surface area contributed by atoms with Gasteiger partial charge >= 0.3 is 0 Å². The molecule has 5 heteroatoms. The van der Waals surface area contributed by atoms with Gasteiger partial charge in [0.15, 0.2) is 0 Å². The summed E-state index contributed by atoms with van der Waals surface area (Å²) in [7, 11) is 5.81. The Bertz CT molecular complexity index is 417. The van der Waals surface area contributed by atoms with Crippen molar-refractivity contribution in [2.75, 3.05) is 45.7 Å². The van der Waals surface area contributed by atoms with E-state index in [4.69, 9.17) is 11.5 Å². The summed E-state index contributed by atoms with van der Waals surface area (Å²) in [5.74, 6) is -0.0637. The third-order valence-corrected chi connectivity index (χ3v) is 2.75. The van der Waals surface area contributed by atoms with Gasteiger partial charge in [-0.3, -0.25) is 4.79 Å². The first kappa shape index (κ1) is 14.3. The van der Waals surface area contributed by atoms with Crippen molar-refractivity contribution in [3.8, 4) is 0 Å². The minimum Gasteiger partial charge on any atom is -0.399 e. The van der Waals surface area contributed by atoms with Crippen molar-refractivity contribution < 1.29 is 4.79 Å². The van der Waals surface area contributed by atoms with Crippen LogP contribution in [0.25, 0.3) is 0 Å². The summed E-state index contributed by atoms with van der Waals surface area (Å²) in [4.78, 5) is 15.9. The largest absolute Gasteiger partial charge is 0.399 e. The zero-order valence-corrected chi connectivity index (χ0v) is 11.3. The van der Waals surface area contributed by atoms with Crippen LogP contribution in [0.3, 0.4) is 0 Å². The third kappa shape index (κ3) is 3.92. The number of anilines is 2. The van der Waals surface area contributed by atoms with Crippen LogP contribution in [0.4, 0.5) is 11.4 Å². The van der Waals surface area contributed by atoms with E-state index in [1.165, 1.54) is 0 Å². The van der Waals surface area contributed by atoms with E-state index in [9.17, 15) is 4.79 Å². The molecule has 0 saturated heterocycles. The highest BCUT2D eigenvalue weighted by Crippen LogP contribution is 2.17. The second kappa shape index (κ2) is 6.26. The van der Waals surface area contributed by atoms with E-state index in [-0.39, 0.29) is 5.91 Å². The first-order valence-electron chi connectivity index (χ1n) is 5.97. The second-order valence-corrected chi connectivity index (χ2v) is 4.73. The molecule has 100 valence electrons. The molecule has 1 amide bonds. The highest BCUT2D eigenvalue weighted by molar-refractivity contribution is 5.99. The molecule has 18 heavy (non-hydrogen) atoms. The fraction of sp³-hybridized carbons (Fsp3) is 0.462. The maximum Gasteiger partial charge on any atom is 0.255 e. The number of hydrogen-bond acceptors (Lipinski definition) is 4. The van der Waals surface area contributed by atoms with Gasteiger partial charge in [0.2, 0.25) is 0 Å². The number of amides is 1. The Morgan fingerprint density at radius 2 is 1.83 bits per heavy atom. The van der Waals surface area contributed by atoms with Crippen LogP contribution in [0.15, 0.2) is 18.2 Å². The predicted molar refractivity (Wildman–Crippen MR) is 75.4 cm³/mol. The maximum absolute atomic E-state index is 12.1. The van der Waals surface area contributed by atoms with Crippen molar-refractivity contribution >= 4 is 17.3 Å². The van der Waals surface area contributed by atoms with Gasteiger partial charge in [-0.15, -0.1) is 0 Å². The van der Waals surface area contributed by atoms with Gasteiger partial charge in [0.1, 0.15) is 0 Å². The van der Waals surface area contributed by atoms with Gasteiger partial charge in [0.25, 0.3) is 5.91 Å². The number of nitrogens with zero attached hydrogens (tertiary/aromatic N) is 2. The lowest BCUT2D eigenvalue weighted by atomic mass is 10.1. The molecule has 0 aliphatic carbocycles. The van der Waals surface area contributed by atoms with Crippen LogP contribution in [0, 0.1) is 0 Å². The summed E-state index contributed by atoms with van der Waals surface area (Å²) >= 11 is 0. The quantitative estimate of drug-likeness (QED) is 0.760. The Labute approximate surface area is 108 Å². The number of carbonyl (C=O) groups excluding carboxylic acids is 1. The summed E-state index contributed by atoms with van der Waals surface area (Å²) in [5, 5.41) is 0. The van der Waals surface area contributed by atoms with Crippen molar-refractivity contribution in [3.05, 3.63) is 23.8 Å². The molecule has 0 aromatic heterocycles. The van der Waals surface area contributed by atoms with E-state index in [1.54, 1.807) is 30.1 Å². The molecule has 0 unspecified atom stereocenters. The van der Waals surface area contributed by atoms with Crippen molar-refractivity contribution in [1.29, 1.82) is 0 Å². The highest BCUT2D eigenvalue weighted by atomic mass is 16.2.